The molecule has 2 aromatic carbocycles. The van der Waals surface area contributed by atoms with E-state index in [1.165, 1.54) is 0 Å². The smallest absolute Gasteiger partial charge is 0.254 e. The lowest BCUT2D eigenvalue weighted by Crippen LogP contribution is -2.40. The van der Waals surface area contributed by atoms with E-state index >= 15 is 0 Å². The molecule has 0 atom stereocenters. The van der Waals surface area contributed by atoms with E-state index in [1.54, 1.807) is 0 Å². The number of nitrogens with zero attached hydrogens (tertiary/aromatic N) is 2. The Balaban J connectivity index is 1.36. The molecular weight excluding hydrogens is 488 g/mol. The molecule has 37 heavy (non-hydrogen) atoms. The number of rotatable bonds is 7. The maximum absolute atomic E-state index is 13.2. The topological polar surface area (TPSA) is 107 Å². The van der Waals surface area contributed by atoms with Crippen molar-refractivity contribution >= 4 is 38.2 Å². The zero-order valence-electron chi connectivity index (χ0n) is 21.2. The van der Waals surface area contributed by atoms with E-state index in [4.69, 9.17) is 10.5 Å². The van der Waals surface area contributed by atoms with Crippen molar-refractivity contribution in [1.82, 2.24) is 9.47 Å². The van der Waals surface area contributed by atoms with E-state index in [9.17, 15) is 13.2 Å². The number of amides is 1. The molecule has 0 bridgehead atoms. The molecule has 1 amide bonds. The summed E-state index contributed by atoms with van der Waals surface area (Å²) >= 11 is 0. The zero-order valence-corrected chi connectivity index (χ0v) is 22.0. The fourth-order valence-corrected chi connectivity index (χ4v) is 7.33. The molecule has 3 fully saturated rings. The molecule has 1 aromatic heterocycles. The highest BCUT2D eigenvalue weighted by molar-refractivity contribution is 7.94. The highest BCUT2D eigenvalue weighted by Gasteiger charge is 2.53. The number of nitrogen functional groups attached to an aromatic ring is 1. The summed E-state index contributed by atoms with van der Waals surface area (Å²) in [5.41, 5.74) is 11.5. The first-order chi connectivity index (χ1) is 17.8. The Morgan fingerprint density at radius 1 is 1.11 bits per heavy atom. The molecule has 2 heterocycles. The van der Waals surface area contributed by atoms with Crippen LogP contribution in [0.4, 0.5) is 11.4 Å². The van der Waals surface area contributed by atoms with E-state index in [1.807, 2.05) is 54.3 Å². The normalized spacial score (nSPS) is 19.5. The van der Waals surface area contributed by atoms with E-state index in [0.717, 1.165) is 41.4 Å². The standard InChI is InChI=1S/C28H34N4O4S/c1-2-28(12-13-28)37(34,35)30-21-9-6-19(7-10-21)26-25(29)23-11-8-20(27(33)31-14-16-36-17-15-31)18-24(23)32(26)22-4-3-5-22/h6-11,18,22,30H,2-5,12-17,29H2,1H3. The molecule has 1 aliphatic heterocycles. The van der Waals surface area contributed by atoms with Crippen LogP contribution in [0.1, 0.15) is 61.8 Å². The quantitative estimate of drug-likeness (QED) is 0.465. The highest BCUT2D eigenvalue weighted by atomic mass is 32.2. The van der Waals surface area contributed by atoms with Gasteiger partial charge in [0.05, 0.1) is 34.9 Å². The predicted molar refractivity (Wildman–Crippen MR) is 146 cm³/mol. The first kappa shape index (κ1) is 24.3. The molecule has 196 valence electrons. The molecule has 3 aromatic rings. The van der Waals surface area contributed by atoms with Gasteiger partial charge in [0.1, 0.15) is 0 Å². The van der Waals surface area contributed by atoms with Gasteiger partial charge >= 0.3 is 0 Å². The molecule has 9 heteroatoms. The Kier molecular flexibility index (Phi) is 5.95. The van der Waals surface area contributed by atoms with Gasteiger partial charge in [-0.2, -0.15) is 0 Å². The van der Waals surface area contributed by atoms with Crippen molar-refractivity contribution in [3.05, 3.63) is 48.0 Å². The van der Waals surface area contributed by atoms with Crippen LogP contribution < -0.4 is 10.5 Å². The molecule has 2 saturated carbocycles. The lowest BCUT2D eigenvalue weighted by atomic mass is 9.92. The van der Waals surface area contributed by atoms with Crippen LogP contribution in [-0.2, 0) is 14.8 Å². The van der Waals surface area contributed by atoms with Gasteiger partial charge in [-0.15, -0.1) is 0 Å². The van der Waals surface area contributed by atoms with Gasteiger partial charge in [0, 0.05) is 41.3 Å². The molecule has 1 saturated heterocycles. The molecule has 3 aliphatic rings. The lowest BCUT2D eigenvalue weighted by Gasteiger charge is -2.30. The predicted octanol–water partition coefficient (Wildman–Crippen LogP) is 4.77. The summed E-state index contributed by atoms with van der Waals surface area (Å²) in [7, 11) is -3.42. The van der Waals surface area contributed by atoms with Gasteiger partial charge in [-0.25, -0.2) is 8.42 Å². The lowest BCUT2D eigenvalue weighted by molar-refractivity contribution is 0.0303. The van der Waals surface area contributed by atoms with Crippen LogP contribution in [-0.4, -0.2) is 54.8 Å². The third-order valence-corrected chi connectivity index (χ3v) is 10.8. The van der Waals surface area contributed by atoms with Crippen LogP contribution in [0.15, 0.2) is 42.5 Å². The minimum Gasteiger partial charge on any atom is -0.396 e. The van der Waals surface area contributed by atoms with Gasteiger partial charge in [0.15, 0.2) is 0 Å². The van der Waals surface area contributed by atoms with Gasteiger partial charge in [0.25, 0.3) is 5.91 Å². The van der Waals surface area contributed by atoms with Crippen LogP contribution >= 0.6 is 0 Å². The number of nitrogens with one attached hydrogen (secondary N) is 1. The van der Waals surface area contributed by atoms with Crippen molar-refractivity contribution in [2.75, 3.05) is 36.8 Å². The summed E-state index contributed by atoms with van der Waals surface area (Å²) in [5.74, 6) is 0.0174. The summed E-state index contributed by atoms with van der Waals surface area (Å²) in [6, 6.07) is 13.6. The second kappa shape index (κ2) is 9.06. The fraction of sp³-hybridized carbons (Fsp3) is 0.464. The third-order valence-electron chi connectivity index (χ3n) is 8.46. The summed E-state index contributed by atoms with van der Waals surface area (Å²) in [6.07, 6.45) is 5.34. The van der Waals surface area contributed by atoms with E-state index in [-0.39, 0.29) is 5.91 Å². The summed E-state index contributed by atoms with van der Waals surface area (Å²) < 4.78 is 35.6. The molecule has 6 rings (SSSR count). The number of morpholine rings is 1. The minimum atomic E-state index is -3.42. The number of carbonyl (C=O) groups is 1. The SMILES string of the molecule is CCC1(S(=O)(=O)Nc2ccc(-c3c(N)c4ccc(C(=O)N5CCOCC5)cc4n3C3CCC3)cc2)CC1. The maximum atomic E-state index is 13.2. The van der Waals surface area contributed by atoms with Crippen LogP contribution in [0.25, 0.3) is 22.2 Å². The molecular formula is C28H34N4O4S. The largest absolute Gasteiger partial charge is 0.396 e. The number of fused-ring (bicyclic) bond motifs is 1. The van der Waals surface area contributed by atoms with Crippen LogP contribution in [0.3, 0.4) is 0 Å². The van der Waals surface area contributed by atoms with Gasteiger partial charge in [0.2, 0.25) is 10.0 Å². The molecule has 0 spiro atoms. The average Bonchev–Trinajstić information content (AvgIpc) is 3.65. The van der Waals surface area contributed by atoms with Crippen LogP contribution in [0, 0.1) is 0 Å². The van der Waals surface area contributed by atoms with Gasteiger partial charge in [-0.1, -0.05) is 19.1 Å². The van der Waals surface area contributed by atoms with Gasteiger partial charge in [-0.3, -0.25) is 9.52 Å². The van der Waals surface area contributed by atoms with Crippen LogP contribution in [0.5, 0.6) is 0 Å². The number of nitrogens with two attached hydrogens (primary N) is 1. The molecule has 2 aliphatic carbocycles. The summed E-state index contributed by atoms with van der Waals surface area (Å²) in [4.78, 5) is 15.0. The Morgan fingerprint density at radius 3 is 2.41 bits per heavy atom. The zero-order chi connectivity index (χ0) is 25.8. The van der Waals surface area contributed by atoms with Crippen molar-refractivity contribution in [3.8, 4) is 11.3 Å². The monoisotopic (exact) mass is 522 g/mol. The average molecular weight is 523 g/mol. The number of anilines is 2. The number of ether oxygens (including phenoxy) is 1. The summed E-state index contributed by atoms with van der Waals surface area (Å²) in [5, 5.41) is 0.934. The third kappa shape index (κ3) is 4.08. The molecule has 0 radical (unpaired) electrons. The van der Waals surface area contributed by atoms with Gasteiger partial charge in [-0.05, 0) is 68.9 Å². The van der Waals surface area contributed by atoms with E-state index < -0.39 is 14.8 Å². The van der Waals surface area contributed by atoms with Crippen molar-refractivity contribution in [2.24, 2.45) is 0 Å². The highest BCUT2D eigenvalue weighted by Crippen LogP contribution is 2.47. The first-order valence-electron chi connectivity index (χ1n) is 13.3. The van der Waals surface area contributed by atoms with Crippen LogP contribution in [0.2, 0.25) is 0 Å². The minimum absolute atomic E-state index is 0.0174. The fourth-order valence-electron chi connectivity index (χ4n) is 5.65. The number of carbonyl (C=O) groups excluding carboxylic acids is 1. The van der Waals surface area contributed by atoms with E-state index in [0.29, 0.717) is 68.5 Å². The molecule has 0 unspecified atom stereocenters. The number of hydrogen-bond donors (Lipinski definition) is 2. The Labute approximate surface area is 217 Å². The Hall–Kier alpha value is -3.04. The van der Waals surface area contributed by atoms with Gasteiger partial charge < -0.3 is 19.9 Å². The summed E-state index contributed by atoms with van der Waals surface area (Å²) in [6.45, 7) is 4.26. The second-order valence-electron chi connectivity index (χ2n) is 10.6. The number of benzene rings is 2. The second-order valence-corrected chi connectivity index (χ2v) is 12.6. The molecule has 3 N–H and O–H groups in total. The van der Waals surface area contributed by atoms with E-state index in [2.05, 4.69) is 9.29 Å². The van der Waals surface area contributed by atoms with Crippen molar-refractivity contribution < 1.29 is 17.9 Å². The Morgan fingerprint density at radius 2 is 1.81 bits per heavy atom. The number of sulfonamides is 1. The first-order valence-corrected chi connectivity index (χ1v) is 14.8. The number of hydrogen-bond acceptors (Lipinski definition) is 5. The molecule has 8 nitrogen and oxygen atoms in total. The maximum Gasteiger partial charge on any atom is 0.254 e. The van der Waals surface area contributed by atoms with Crippen molar-refractivity contribution in [2.45, 2.75) is 56.2 Å². The van der Waals surface area contributed by atoms with Crippen molar-refractivity contribution in [1.29, 1.82) is 0 Å². The number of aromatic nitrogens is 1. The Bertz CT molecular complexity index is 1450. The van der Waals surface area contributed by atoms with Crippen molar-refractivity contribution in [3.63, 3.8) is 0 Å².